The van der Waals surface area contributed by atoms with Crippen LogP contribution >= 0.6 is 0 Å². The van der Waals surface area contributed by atoms with Gasteiger partial charge in [-0.2, -0.15) is 18.3 Å². The fourth-order valence-corrected chi connectivity index (χ4v) is 6.03. The molecule has 0 aliphatic heterocycles. The van der Waals surface area contributed by atoms with Crippen LogP contribution in [0.4, 0.5) is 19.0 Å². The first-order valence-electron chi connectivity index (χ1n) is 15.7. The number of aliphatic hydroxyl groups is 2. The Morgan fingerprint density at radius 1 is 1.00 bits per heavy atom. The Morgan fingerprint density at radius 3 is 2.30 bits per heavy atom. The highest BCUT2D eigenvalue weighted by atomic mass is 19.4. The highest BCUT2D eigenvalue weighted by Gasteiger charge is 2.45. The van der Waals surface area contributed by atoms with Crippen LogP contribution in [0.2, 0.25) is 0 Å². The first kappa shape index (κ1) is 34.5. The predicted octanol–water partition coefficient (Wildman–Crippen LogP) is 2.47. The number of halogens is 3. The number of rotatable bonds is 12. The molecule has 2 aromatic carbocycles. The summed E-state index contributed by atoms with van der Waals surface area (Å²) in [5, 5.41) is 32.4. The molecule has 4 atom stereocenters. The molecule has 14 nitrogen and oxygen atoms in total. The van der Waals surface area contributed by atoms with E-state index in [1.807, 2.05) is 60.7 Å². The van der Waals surface area contributed by atoms with Crippen LogP contribution in [0.5, 0.6) is 0 Å². The number of benzene rings is 2. The lowest BCUT2D eigenvalue weighted by atomic mass is 9.91. The number of aliphatic hydroxyl groups excluding tert-OH is 2. The summed E-state index contributed by atoms with van der Waals surface area (Å²) in [6.45, 7) is 0.0726. The van der Waals surface area contributed by atoms with Crippen LogP contribution in [0, 0.1) is 0 Å². The first-order chi connectivity index (χ1) is 24.0. The third-order valence-corrected chi connectivity index (χ3v) is 8.51. The molecule has 1 aliphatic carbocycles. The van der Waals surface area contributed by atoms with E-state index in [1.165, 1.54) is 23.4 Å². The maximum Gasteiger partial charge on any atom is 0.490 e. The average Bonchev–Trinajstić information content (AvgIpc) is 3.84. The lowest BCUT2D eigenvalue weighted by Gasteiger charge is -2.20. The molecule has 6 N–H and O–H groups in total. The Bertz CT molecular complexity index is 1900. The van der Waals surface area contributed by atoms with E-state index in [0.29, 0.717) is 12.1 Å². The first-order valence-corrected chi connectivity index (χ1v) is 15.7. The SMILES string of the molecule is NCCNC(=O)c1nc(NCC(c2ccccc2)c2ccccc2)c2ncn([C@@H]3C[C@H](n4cc(COC(=O)C(F)(F)F)cn4)[C@@H](O)[C@H]3O)c2n1. The van der Waals surface area contributed by atoms with Gasteiger partial charge in [0.25, 0.3) is 5.91 Å². The molecule has 5 aromatic rings. The molecule has 0 spiro atoms. The van der Waals surface area contributed by atoms with Crippen molar-refractivity contribution in [1.82, 2.24) is 34.6 Å². The molecule has 50 heavy (non-hydrogen) atoms. The Hall–Kier alpha value is -5.39. The number of esters is 1. The lowest BCUT2D eigenvalue weighted by Crippen LogP contribution is -2.31. The lowest BCUT2D eigenvalue weighted by molar-refractivity contribution is -0.201. The van der Waals surface area contributed by atoms with E-state index in [0.717, 1.165) is 11.1 Å². The van der Waals surface area contributed by atoms with Crippen molar-refractivity contribution in [3.63, 3.8) is 0 Å². The van der Waals surface area contributed by atoms with Crippen molar-refractivity contribution in [2.45, 2.75) is 49.4 Å². The van der Waals surface area contributed by atoms with Crippen molar-refractivity contribution in [2.75, 3.05) is 25.0 Å². The molecule has 6 rings (SSSR count). The van der Waals surface area contributed by atoms with Crippen molar-refractivity contribution in [3.05, 3.63) is 102 Å². The zero-order valence-electron chi connectivity index (χ0n) is 26.4. The summed E-state index contributed by atoms with van der Waals surface area (Å²) in [6.07, 6.45) is -3.77. The van der Waals surface area contributed by atoms with Gasteiger partial charge in [-0.3, -0.25) is 9.48 Å². The summed E-state index contributed by atoms with van der Waals surface area (Å²) >= 11 is 0. The Balaban J connectivity index is 1.29. The number of nitrogens with one attached hydrogen (secondary N) is 2. The molecule has 1 amide bonds. The Kier molecular flexibility index (Phi) is 10.1. The average molecular weight is 694 g/mol. The van der Waals surface area contributed by atoms with Crippen LogP contribution in [-0.4, -0.2) is 89.4 Å². The minimum atomic E-state index is -5.14. The van der Waals surface area contributed by atoms with Gasteiger partial charge in [-0.1, -0.05) is 60.7 Å². The second kappa shape index (κ2) is 14.6. The largest absolute Gasteiger partial charge is 0.490 e. The molecule has 1 aliphatic rings. The summed E-state index contributed by atoms with van der Waals surface area (Å²) in [5.41, 5.74) is 8.38. The molecular formula is C33H34F3N9O5. The summed E-state index contributed by atoms with van der Waals surface area (Å²) in [7, 11) is 0. The van der Waals surface area contributed by atoms with Crippen LogP contribution in [0.15, 0.2) is 79.4 Å². The van der Waals surface area contributed by atoms with Crippen LogP contribution < -0.4 is 16.4 Å². The smallest absolute Gasteiger partial charge is 0.454 e. The van der Waals surface area contributed by atoms with Gasteiger partial charge in [-0.05, 0) is 17.5 Å². The van der Waals surface area contributed by atoms with Crippen molar-refractivity contribution in [1.29, 1.82) is 0 Å². The summed E-state index contributed by atoms with van der Waals surface area (Å²) in [5.74, 6) is -2.89. The van der Waals surface area contributed by atoms with Gasteiger partial charge >= 0.3 is 12.1 Å². The van der Waals surface area contributed by atoms with E-state index in [-0.39, 0.29) is 48.3 Å². The summed E-state index contributed by atoms with van der Waals surface area (Å²) in [4.78, 5) is 37.8. The quantitative estimate of drug-likeness (QED) is 0.121. The second-order valence-electron chi connectivity index (χ2n) is 11.8. The van der Waals surface area contributed by atoms with Crippen LogP contribution in [-0.2, 0) is 16.1 Å². The number of ether oxygens (including phenoxy) is 1. The van der Waals surface area contributed by atoms with Gasteiger partial charge in [0.2, 0.25) is 5.82 Å². The van der Waals surface area contributed by atoms with E-state index in [2.05, 4.69) is 35.4 Å². The standard InChI is InChI=1S/C33H34F3N9O5/c34-33(35,36)32(49)50-17-19-14-41-45(16-19)24-13-23(26(46)27(24)47)44-18-40-25-28(42-29(43-30(25)44)31(48)38-12-11-37)39-15-22(20-7-3-1-4-8-20)21-9-5-2-6-10-21/h1-10,14,16,18,22-24,26-27,46-47H,11-13,15,17,37H2,(H,38,48)(H,39,42,43)/t23-,24+,26+,27-/m1/s1. The third kappa shape index (κ3) is 7.29. The van der Waals surface area contributed by atoms with Gasteiger partial charge in [-0.25, -0.2) is 19.7 Å². The molecule has 262 valence electrons. The number of alkyl halides is 3. The summed E-state index contributed by atoms with van der Waals surface area (Å²) in [6, 6.07) is 18.2. The molecule has 3 aromatic heterocycles. The van der Waals surface area contributed by atoms with Crippen LogP contribution in [0.1, 0.15) is 51.7 Å². The predicted molar refractivity (Wildman–Crippen MR) is 173 cm³/mol. The summed E-state index contributed by atoms with van der Waals surface area (Å²) < 4.78 is 44.8. The third-order valence-electron chi connectivity index (χ3n) is 8.51. The molecule has 0 unspecified atom stereocenters. The normalized spacial score (nSPS) is 19.2. The van der Waals surface area contributed by atoms with E-state index < -0.39 is 49.0 Å². The number of carbonyl (C=O) groups is 2. The number of hydrogen-bond acceptors (Lipinski definition) is 11. The number of nitrogens with zero attached hydrogens (tertiary/aromatic N) is 6. The number of aromatic nitrogens is 6. The monoisotopic (exact) mass is 693 g/mol. The maximum absolute atomic E-state index is 13.1. The van der Waals surface area contributed by atoms with Gasteiger partial charge in [0, 0.05) is 37.3 Å². The van der Waals surface area contributed by atoms with Gasteiger partial charge in [0.1, 0.15) is 24.3 Å². The number of fused-ring (bicyclic) bond motifs is 1. The highest BCUT2D eigenvalue weighted by molar-refractivity contribution is 5.94. The van der Waals surface area contributed by atoms with Crippen molar-refractivity contribution in [3.8, 4) is 0 Å². The van der Waals surface area contributed by atoms with Gasteiger partial charge in [0.05, 0.1) is 24.6 Å². The molecule has 1 saturated carbocycles. The molecule has 1 fully saturated rings. The molecule has 17 heteroatoms. The van der Waals surface area contributed by atoms with Gasteiger partial charge < -0.3 is 35.9 Å². The fraction of sp³-hybridized carbons (Fsp3) is 0.333. The molecule has 0 saturated heterocycles. The molecule has 0 bridgehead atoms. The minimum Gasteiger partial charge on any atom is -0.454 e. The topological polar surface area (TPSA) is 195 Å². The Labute approximate surface area is 283 Å². The maximum atomic E-state index is 13.1. The van der Waals surface area contributed by atoms with Crippen molar-refractivity contribution in [2.24, 2.45) is 5.73 Å². The Morgan fingerprint density at radius 2 is 1.66 bits per heavy atom. The van der Waals surface area contributed by atoms with Crippen LogP contribution in [0.25, 0.3) is 11.2 Å². The fourth-order valence-electron chi connectivity index (χ4n) is 6.03. The minimum absolute atomic E-state index is 0.0949. The number of carbonyl (C=O) groups excluding carboxylic acids is 2. The van der Waals surface area contributed by atoms with E-state index in [1.54, 1.807) is 4.57 Å². The van der Waals surface area contributed by atoms with E-state index in [4.69, 9.17) is 5.73 Å². The van der Waals surface area contributed by atoms with E-state index >= 15 is 0 Å². The van der Waals surface area contributed by atoms with Gasteiger partial charge in [0.15, 0.2) is 11.5 Å². The van der Waals surface area contributed by atoms with E-state index in [9.17, 15) is 33.0 Å². The van der Waals surface area contributed by atoms with Crippen molar-refractivity contribution < 1.29 is 37.7 Å². The second-order valence-corrected chi connectivity index (χ2v) is 11.8. The van der Waals surface area contributed by atoms with Crippen molar-refractivity contribution >= 4 is 28.9 Å². The number of imidazole rings is 1. The van der Waals surface area contributed by atoms with Crippen LogP contribution in [0.3, 0.4) is 0 Å². The highest BCUT2D eigenvalue weighted by Crippen LogP contribution is 2.40. The number of hydrogen-bond donors (Lipinski definition) is 5. The number of nitrogens with two attached hydrogens (primary N) is 1. The van der Waals surface area contributed by atoms with Gasteiger partial charge in [-0.15, -0.1) is 0 Å². The zero-order chi connectivity index (χ0) is 35.4. The number of anilines is 1. The number of amides is 1. The molecular weight excluding hydrogens is 659 g/mol. The zero-order valence-corrected chi connectivity index (χ0v) is 26.4. The molecule has 3 heterocycles. The molecule has 0 radical (unpaired) electrons.